The van der Waals surface area contributed by atoms with Gasteiger partial charge in [0.05, 0.1) is 0 Å². The molecular weight excluding hydrogens is 356 g/mol. The fourth-order valence-electron chi connectivity index (χ4n) is 2.45. The van der Waals surface area contributed by atoms with E-state index in [1.807, 2.05) is 10.8 Å². The lowest BCUT2D eigenvalue weighted by Crippen LogP contribution is -1.79. The van der Waals surface area contributed by atoms with Crippen LogP contribution in [0, 0.1) is 23.7 Å². The van der Waals surface area contributed by atoms with E-state index in [2.05, 4.69) is 47.5 Å². The molecule has 2 rings (SSSR count). The van der Waals surface area contributed by atoms with Gasteiger partial charge in [-0.05, 0) is 24.7 Å². The third kappa shape index (κ3) is 7.73. The number of hydrogen-bond donors (Lipinski definition) is 0. The molecule has 0 bridgehead atoms. The van der Waals surface area contributed by atoms with Crippen LogP contribution < -0.4 is 0 Å². The first-order valence-electron chi connectivity index (χ1n) is 9.72. The fourth-order valence-corrected chi connectivity index (χ4v) is 4.00. The van der Waals surface area contributed by atoms with Crippen molar-refractivity contribution in [1.29, 1.82) is 0 Å². The number of thiazole rings is 2. The normalized spacial score (nSPS) is 10.1. The highest BCUT2D eigenvalue weighted by molar-refractivity contribution is 7.19. The lowest BCUT2D eigenvalue weighted by Gasteiger charge is -1.91. The van der Waals surface area contributed by atoms with Crippen LogP contribution in [0.25, 0.3) is 10.0 Å². The van der Waals surface area contributed by atoms with E-state index in [1.54, 1.807) is 22.7 Å². The maximum absolute atomic E-state index is 4.60. The zero-order chi connectivity index (χ0) is 18.5. The molecule has 0 N–H and O–H groups in total. The van der Waals surface area contributed by atoms with Crippen molar-refractivity contribution in [2.75, 3.05) is 0 Å². The second-order valence-electron chi connectivity index (χ2n) is 6.30. The van der Waals surface area contributed by atoms with Gasteiger partial charge in [0.2, 0.25) is 0 Å². The van der Waals surface area contributed by atoms with Gasteiger partial charge in [-0.1, -0.05) is 64.2 Å². The lowest BCUT2D eigenvalue weighted by molar-refractivity contribution is 0.679. The molecule has 0 saturated carbocycles. The first-order valence-corrected chi connectivity index (χ1v) is 11.5. The molecule has 0 spiro atoms. The first-order chi connectivity index (χ1) is 12.8. The van der Waals surface area contributed by atoms with Crippen LogP contribution in [0.5, 0.6) is 0 Å². The van der Waals surface area contributed by atoms with Crippen LogP contribution in [0.15, 0.2) is 10.8 Å². The summed E-state index contributed by atoms with van der Waals surface area (Å²) in [6.45, 7) is 4.46. The summed E-state index contributed by atoms with van der Waals surface area (Å²) in [5, 5.41) is 5.94. The predicted molar refractivity (Wildman–Crippen MR) is 114 cm³/mol. The van der Waals surface area contributed by atoms with Crippen LogP contribution in [-0.2, 0) is 0 Å². The van der Waals surface area contributed by atoms with E-state index in [9.17, 15) is 0 Å². The van der Waals surface area contributed by atoms with E-state index in [0.29, 0.717) is 0 Å². The van der Waals surface area contributed by atoms with E-state index in [4.69, 9.17) is 0 Å². The average Bonchev–Trinajstić information content (AvgIpc) is 3.30. The van der Waals surface area contributed by atoms with Crippen molar-refractivity contribution in [1.82, 2.24) is 9.97 Å². The summed E-state index contributed by atoms with van der Waals surface area (Å²) in [7, 11) is 0. The molecule has 0 radical (unpaired) electrons. The van der Waals surface area contributed by atoms with Crippen LogP contribution in [0.3, 0.4) is 0 Å². The van der Waals surface area contributed by atoms with Crippen molar-refractivity contribution < 1.29 is 0 Å². The molecule has 0 aliphatic heterocycles. The number of unbranched alkanes of at least 4 members (excludes halogenated alkanes) is 8. The molecule has 2 aromatic heterocycles. The van der Waals surface area contributed by atoms with Crippen LogP contribution in [0.4, 0.5) is 0 Å². The molecule has 0 atom stereocenters. The minimum absolute atomic E-state index is 0.860. The molecule has 0 saturated heterocycles. The molecule has 0 amide bonds. The molecule has 0 aliphatic carbocycles. The molecule has 0 unspecified atom stereocenters. The molecule has 138 valence electrons. The average molecular weight is 385 g/mol. The standard InChI is InChI=1S/C22H28N2S2/c1-3-5-7-9-11-13-15-19-17-25-21(23-19)22-24-20(18-26-22)16-14-12-10-8-6-4-2/h17-18H,3-12H2,1-2H3. The second kappa shape index (κ2) is 12.7. The van der Waals surface area contributed by atoms with Gasteiger partial charge in [0.1, 0.15) is 11.4 Å². The van der Waals surface area contributed by atoms with Crippen molar-refractivity contribution in [3.05, 3.63) is 22.1 Å². The van der Waals surface area contributed by atoms with Crippen LogP contribution >= 0.6 is 22.7 Å². The first kappa shape index (κ1) is 20.7. The predicted octanol–water partition coefficient (Wildman–Crippen LogP) is 6.91. The Morgan fingerprint density at radius 2 is 1.15 bits per heavy atom. The largest absolute Gasteiger partial charge is 0.225 e. The second-order valence-corrected chi connectivity index (χ2v) is 8.02. The Hall–Kier alpha value is -1.62. The Balaban J connectivity index is 1.83. The Morgan fingerprint density at radius 1 is 0.692 bits per heavy atom. The topological polar surface area (TPSA) is 25.8 Å². The van der Waals surface area contributed by atoms with Gasteiger partial charge < -0.3 is 0 Å². The molecule has 2 nitrogen and oxygen atoms in total. The van der Waals surface area contributed by atoms with E-state index >= 15 is 0 Å². The molecule has 26 heavy (non-hydrogen) atoms. The zero-order valence-corrected chi connectivity index (χ0v) is 17.6. The maximum Gasteiger partial charge on any atom is 0.153 e. The zero-order valence-electron chi connectivity index (χ0n) is 15.9. The van der Waals surface area contributed by atoms with E-state index in [-0.39, 0.29) is 0 Å². The molecule has 0 aromatic carbocycles. The molecule has 0 aliphatic rings. The molecular formula is C22H28N2S2. The van der Waals surface area contributed by atoms with Crippen molar-refractivity contribution >= 4 is 22.7 Å². The van der Waals surface area contributed by atoms with Crippen LogP contribution in [0.1, 0.15) is 89.4 Å². The van der Waals surface area contributed by atoms with Gasteiger partial charge in [0, 0.05) is 23.6 Å². The quantitative estimate of drug-likeness (QED) is 0.347. The smallest absolute Gasteiger partial charge is 0.153 e. The van der Waals surface area contributed by atoms with E-state index < -0.39 is 0 Å². The molecule has 0 fully saturated rings. The summed E-state index contributed by atoms with van der Waals surface area (Å²) >= 11 is 3.22. The summed E-state index contributed by atoms with van der Waals surface area (Å²) in [6, 6.07) is 0. The molecule has 2 heterocycles. The molecule has 2 aromatic rings. The van der Waals surface area contributed by atoms with Crippen molar-refractivity contribution in [3.8, 4) is 33.7 Å². The summed E-state index contributed by atoms with van der Waals surface area (Å²) in [4.78, 5) is 9.21. The maximum atomic E-state index is 4.60. The highest BCUT2D eigenvalue weighted by Crippen LogP contribution is 2.26. The molecule has 4 heteroatoms. The monoisotopic (exact) mass is 384 g/mol. The summed E-state index contributed by atoms with van der Waals surface area (Å²) in [5.74, 6) is 12.8. The van der Waals surface area contributed by atoms with Gasteiger partial charge >= 0.3 is 0 Å². The van der Waals surface area contributed by atoms with Gasteiger partial charge in [0.15, 0.2) is 10.0 Å². The van der Waals surface area contributed by atoms with E-state index in [1.165, 1.54) is 51.4 Å². The minimum Gasteiger partial charge on any atom is -0.225 e. The van der Waals surface area contributed by atoms with Crippen molar-refractivity contribution in [3.63, 3.8) is 0 Å². The van der Waals surface area contributed by atoms with Crippen LogP contribution in [-0.4, -0.2) is 9.97 Å². The Labute approximate surface area is 166 Å². The van der Waals surface area contributed by atoms with Crippen molar-refractivity contribution in [2.45, 2.75) is 78.1 Å². The lowest BCUT2D eigenvalue weighted by atomic mass is 10.1. The Bertz CT molecular complexity index is 699. The van der Waals surface area contributed by atoms with Crippen molar-refractivity contribution in [2.24, 2.45) is 0 Å². The number of nitrogens with zero attached hydrogens (tertiary/aromatic N) is 2. The summed E-state index contributed by atoms with van der Waals surface area (Å²) < 4.78 is 0. The minimum atomic E-state index is 0.860. The van der Waals surface area contributed by atoms with Gasteiger partial charge in [-0.15, -0.1) is 22.7 Å². The third-order valence-electron chi connectivity index (χ3n) is 3.93. The van der Waals surface area contributed by atoms with Crippen LogP contribution in [0.2, 0.25) is 0 Å². The Morgan fingerprint density at radius 3 is 1.58 bits per heavy atom. The highest BCUT2D eigenvalue weighted by atomic mass is 32.1. The fraction of sp³-hybridized carbons (Fsp3) is 0.545. The van der Waals surface area contributed by atoms with Gasteiger partial charge in [0.25, 0.3) is 0 Å². The Kier molecular flexibility index (Phi) is 10.1. The summed E-state index contributed by atoms with van der Waals surface area (Å²) in [6.07, 6.45) is 12.0. The van der Waals surface area contributed by atoms with Gasteiger partial charge in [-0.25, -0.2) is 9.97 Å². The highest BCUT2D eigenvalue weighted by Gasteiger charge is 2.07. The summed E-state index contributed by atoms with van der Waals surface area (Å²) in [5.41, 5.74) is 1.72. The number of rotatable bonds is 9. The SMILES string of the molecule is CCCCCCC#Cc1csc(-c2nc(C#CCCCCCC)cs2)n1. The van der Waals surface area contributed by atoms with Gasteiger partial charge in [-0.3, -0.25) is 0 Å². The van der Waals surface area contributed by atoms with Gasteiger partial charge in [-0.2, -0.15) is 0 Å². The number of aromatic nitrogens is 2. The van der Waals surface area contributed by atoms with E-state index in [0.717, 1.165) is 34.2 Å². The number of hydrogen-bond acceptors (Lipinski definition) is 4. The third-order valence-corrected chi connectivity index (χ3v) is 5.76.